The van der Waals surface area contributed by atoms with Crippen LogP contribution < -0.4 is 5.56 Å². The first-order valence-corrected chi connectivity index (χ1v) is 10.4. The predicted molar refractivity (Wildman–Crippen MR) is 101 cm³/mol. The fourth-order valence-electron chi connectivity index (χ4n) is 5.46. The van der Waals surface area contributed by atoms with E-state index in [-0.39, 0.29) is 11.5 Å². The molecule has 2 aromatic heterocycles. The third-order valence-electron chi connectivity index (χ3n) is 6.82. The molecule has 0 spiro atoms. The molecule has 8 nitrogen and oxygen atoms in total. The quantitative estimate of drug-likeness (QED) is 0.798. The molecule has 1 saturated carbocycles. The number of piperidine rings is 1. The van der Waals surface area contributed by atoms with E-state index in [1.807, 2.05) is 10.6 Å². The summed E-state index contributed by atoms with van der Waals surface area (Å²) in [7, 11) is 0. The van der Waals surface area contributed by atoms with Gasteiger partial charge in [0.1, 0.15) is 6.33 Å². The van der Waals surface area contributed by atoms with Crippen molar-refractivity contribution in [3.8, 4) is 0 Å². The summed E-state index contributed by atoms with van der Waals surface area (Å²) >= 11 is 0. The third-order valence-corrected chi connectivity index (χ3v) is 6.82. The van der Waals surface area contributed by atoms with Crippen molar-refractivity contribution in [1.29, 1.82) is 0 Å². The van der Waals surface area contributed by atoms with Gasteiger partial charge in [0.25, 0.3) is 5.56 Å². The zero-order valence-electron chi connectivity index (χ0n) is 16.0. The minimum Gasteiger partial charge on any atom is -0.341 e. The molecule has 0 aromatic carbocycles. The fraction of sp³-hybridized carbons (Fsp3) is 0.650. The molecule has 0 unspecified atom stereocenters. The van der Waals surface area contributed by atoms with E-state index < -0.39 is 0 Å². The van der Waals surface area contributed by atoms with Gasteiger partial charge >= 0.3 is 0 Å². The lowest BCUT2D eigenvalue weighted by Gasteiger charge is -2.44. The number of nitrogens with zero attached hydrogens (tertiary/aromatic N) is 6. The maximum Gasteiger partial charge on any atom is 0.250 e. The summed E-state index contributed by atoms with van der Waals surface area (Å²) in [6.45, 7) is 3.13. The van der Waals surface area contributed by atoms with Crippen molar-refractivity contribution in [2.45, 2.75) is 51.1 Å². The van der Waals surface area contributed by atoms with Gasteiger partial charge < -0.3 is 9.47 Å². The predicted octanol–water partition coefficient (Wildman–Crippen LogP) is 1.29. The Kier molecular flexibility index (Phi) is 4.49. The van der Waals surface area contributed by atoms with Crippen LogP contribution in [0.2, 0.25) is 0 Å². The first kappa shape index (κ1) is 17.6. The molecule has 1 saturated heterocycles. The van der Waals surface area contributed by atoms with Gasteiger partial charge in [0.2, 0.25) is 5.91 Å². The summed E-state index contributed by atoms with van der Waals surface area (Å²) in [5.74, 6) is 1.70. The number of carbonyl (C=O) groups excluding carboxylic acids is 1. The van der Waals surface area contributed by atoms with Crippen LogP contribution in [0.3, 0.4) is 0 Å². The van der Waals surface area contributed by atoms with Crippen LogP contribution in [-0.4, -0.2) is 48.7 Å². The molecule has 1 amide bonds. The number of hydrogen-bond donors (Lipinski definition) is 0. The van der Waals surface area contributed by atoms with Gasteiger partial charge in [0.05, 0.1) is 0 Å². The van der Waals surface area contributed by atoms with Crippen LogP contribution in [0.25, 0.3) is 0 Å². The second-order valence-electron chi connectivity index (χ2n) is 8.69. The van der Waals surface area contributed by atoms with Gasteiger partial charge in [-0.15, -0.1) is 5.10 Å². The summed E-state index contributed by atoms with van der Waals surface area (Å²) in [5, 5.41) is 11.3. The molecule has 8 heteroatoms. The highest BCUT2D eigenvalue weighted by atomic mass is 16.2. The summed E-state index contributed by atoms with van der Waals surface area (Å²) in [6.07, 6.45) is 6.75. The molecule has 0 N–H and O–H groups in total. The molecular formula is C20H26N6O2. The Morgan fingerprint density at radius 3 is 2.75 bits per heavy atom. The maximum absolute atomic E-state index is 13.2. The van der Waals surface area contributed by atoms with E-state index in [2.05, 4.69) is 26.5 Å². The van der Waals surface area contributed by atoms with E-state index in [0.717, 1.165) is 64.0 Å². The molecule has 2 bridgehead atoms. The van der Waals surface area contributed by atoms with Crippen molar-refractivity contribution in [3.63, 3.8) is 0 Å². The van der Waals surface area contributed by atoms with Crippen molar-refractivity contribution in [2.75, 3.05) is 13.1 Å². The second-order valence-corrected chi connectivity index (χ2v) is 8.69. The van der Waals surface area contributed by atoms with Crippen molar-refractivity contribution >= 4 is 5.91 Å². The van der Waals surface area contributed by atoms with Gasteiger partial charge in [-0.1, -0.05) is 6.07 Å². The summed E-state index contributed by atoms with van der Waals surface area (Å²) in [4.78, 5) is 27.5. The molecule has 2 aliphatic heterocycles. The van der Waals surface area contributed by atoms with Crippen LogP contribution in [0.15, 0.2) is 29.3 Å². The monoisotopic (exact) mass is 382 g/mol. The van der Waals surface area contributed by atoms with Gasteiger partial charge in [-0.2, -0.15) is 0 Å². The Morgan fingerprint density at radius 1 is 1.11 bits per heavy atom. The highest BCUT2D eigenvalue weighted by Crippen LogP contribution is 2.37. The largest absolute Gasteiger partial charge is 0.341 e. The standard InChI is InChI=1S/C20H26N6O2/c27-19-3-1-2-18-17-8-15(11-26(18)19)9-24(12-17)20(28)16-6-4-14(5-7-16)10-25-13-21-22-23-25/h1-3,13-17H,4-12H2/t14?,15-,16?,17+/m1/s1. The Bertz CT molecular complexity index is 900. The average molecular weight is 382 g/mol. The van der Waals surface area contributed by atoms with Crippen molar-refractivity contribution < 1.29 is 4.79 Å². The minimum absolute atomic E-state index is 0.0906. The molecule has 3 aliphatic rings. The van der Waals surface area contributed by atoms with Gasteiger partial charge in [-0.3, -0.25) is 9.59 Å². The number of rotatable bonds is 3. The Morgan fingerprint density at radius 2 is 1.96 bits per heavy atom. The fourth-order valence-corrected chi connectivity index (χ4v) is 5.46. The number of pyridine rings is 1. The summed E-state index contributed by atoms with van der Waals surface area (Å²) in [5.41, 5.74) is 1.19. The molecule has 1 aliphatic carbocycles. The van der Waals surface area contributed by atoms with E-state index in [4.69, 9.17) is 0 Å². The topological polar surface area (TPSA) is 85.9 Å². The number of amides is 1. The molecule has 2 fully saturated rings. The van der Waals surface area contributed by atoms with Gasteiger partial charge in [-0.25, -0.2) is 4.68 Å². The lowest BCUT2D eigenvalue weighted by molar-refractivity contribution is -0.139. The molecular weight excluding hydrogens is 356 g/mol. The normalized spacial score (nSPS) is 29.4. The summed E-state index contributed by atoms with van der Waals surface area (Å²) in [6, 6.07) is 5.54. The van der Waals surface area contributed by atoms with Crippen LogP contribution >= 0.6 is 0 Å². The van der Waals surface area contributed by atoms with Gasteiger partial charge in [0.15, 0.2) is 0 Å². The highest BCUT2D eigenvalue weighted by molar-refractivity contribution is 5.79. The van der Waals surface area contributed by atoms with Gasteiger partial charge in [0, 0.05) is 49.8 Å². The zero-order chi connectivity index (χ0) is 19.1. The van der Waals surface area contributed by atoms with Crippen LogP contribution in [0.4, 0.5) is 0 Å². The molecule has 4 heterocycles. The van der Waals surface area contributed by atoms with Crippen LogP contribution in [0, 0.1) is 17.8 Å². The first-order chi connectivity index (χ1) is 13.7. The molecule has 28 heavy (non-hydrogen) atoms. The lowest BCUT2D eigenvalue weighted by atomic mass is 9.79. The second kappa shape index (κ2) is 7.14. The number of fused-ring (bicyclic) bond motifs is 4. The van der Waals surface area contributed by atoms with E-state index in [9.17, 15) is 9.59 Å². The van der Waals surface area contributed by atoms with E-state index in [0.29, 0.717) is 23.7 Å². The Hall–Kier alpha value is -2.51. The zero-order valence-corrected chi connectivity index (χ0v) is 16.0. The minimum atomic E-state index is 0.0906. The van der Waals surface area contributed by atoms with Crippen molar-refractivity contribution in [2.24, 2.45) is 17.8 Å². The Labute approximate surface area is 163 Å². The molecule has 148 valence electrons. The average Bonchev–Trinajstić information content (AvgIpc) is 3.22. The molecule has 0 radical (unpaired) electrons. The van der Waals surface area contributed by atoms with Crippen molar-refractivity contribution in [3.05, 3.63) is 40.6 Å². The van der Waals surface area contributed by atoms with Crippen LogP contribution in [-0.2, 0) is 17.9 Å². The molecule has 5 rings (SSSR count). The Balaban J connectivity index is 1.22. The lowest BCUT2D eigenvalue weighted by Crippen LogP contribution is -2.50. The SMILES string of the molecule is O=C(C1CCC(Cn2cnnn2)CC1)N1C[C@H]2C[C@@H](C1)c1cccc(=O)n1C2. The maximum atomic E-state index is 13.2. The third kappa shape index (κ3) is 3.25. The molecule has 2 aromatic rings. The van der Waals surface area contributed by atoms with E-state index in [1.165, 1.54) is 0 Å². The number of likely N-dealkylation sites (tertiary alicyclic amines) is 1. The highest BCUT2D eigenvalue weighted by Gasteiger charge is 2.38. The van der Waals surface area contributed by atoms with Crippen LogP contribution in [0.5, 0.6) is 0 Å². The van der Waals surface area contributed by atoms with Crippen molar-refractivity contribution in [1.82, 2.24) is 29.7 Å². The number of tetrazole rings is 1. The number of hydrogen-bond acceptors (Lipinski definition) is 5. The number of carbonyl (C=O) groups is 1. The first-order valence-electron chi connectivity index (χ1n) is 10.4. The molecule has 2 atom stereocenters. The van der Waals surface area contributed by atoms with E-state index in [1.54, 1.807) is 17.1 Å². The number of aromatic nitrogens is 5. The van der Waals surface area contributed by atoms with E-state index >= 15 is 0 Å². The summed E-state index contributed by atoms with van der Waals surface area (Å²) < 4.78 is 3.71. The van der Waals surface area contributed by atoms with Crippen LogP contribution in [0.1, 0.15) is 43.7 Å². The van der Waals surface area contributed by atoms with Gasteiger partial charge in [-0.05, 0) is 60.4 Å². The smallest absolute Gasteiger partial charge is 0.250 e.